The summed E-state index contributed by atoms with van der Waals surface area (Å²) in [6.07, 6.45) is 4.92. The number of nitrogens with two attached hydrogens (primary N) is 1. The van der Waals surface area contributed by atoms with Crippen molar-refractivity contribution >= 4 is 11.5 Å². The molecule has 0 radical (unpaired) electrons. The summed E-state index contributed by atoms with van der Waals surface area (Å²) in [6.45, 7) is 0. The van der Waals surface area contributed by atoms with Crippen molar-refractivity contribution in [3.63, 3.8) is 0 Å². The molecule has 6 heteroatoms. The molecule has 2 aromatic rings. The Morgan fingerprint density at radius 3 is 2.86 bits per heavy atom. The van der Waals surface area contributed by atoms with Crippen molar-refractivity contribution in [1.29, 1.82) is 0 Å². The molecule has 1 unspecified atom stereocenters. The summed E-state index contributed by atoms with van der Waals surface area (Å²) < 4.78 is 4.20. The van der Waals surface area contributed by atoms with Gasteiger partial charge in [-0.25, -0.2) is 5.43 Å². The van der Waals surface area contributed by atoms with Crippen LogP contribution in [0.5, 0.6) is 0 Å². The number of hydrogen-bond acceptors (Lipinski definition) is 6. The molecule has 72 valence electrons. The van der Waals surface area contributed by atoms with Crippen molar-refractivity contribution in [1.82, 2.24) is 19.8 Å². The first kappa shape index (κ1) is 9.20. The maximum atomic E-state index is 5.44. The maximum Gasteiger partial charge on any atom is 0.108 e. The maximum absolute atomic E-state index is 5.44. The number of hydrogen-bond donors (Lipinski definition) is 2. The van der Waals surface area contributed by atoms with Crippen LogP contribution in [-0.4, -0.2) is 14.3 Å². The lowest BCUT2D eigenvalue weighted by Crippen LogP contribution is -2.29. The largest absolute Gasteiger partial charge is 0.270 e. The van der Waals surface area contributed by atoms with Gasteiger partial charge in [0.1, 0.15) is 6.04 Å². The first-order valence-electron chi connectivity index (χ1n) is 4.04. The molecule has 0 aliphatic carbocycles. The van der Waals surface area contributed by atoms with E-state index < -0.39 is 0 Å². The molecule has 0 aliphatic rings. The van der Waals surface area contributed by atoms with Crippen LogP contribution >= 0.6 is 11.5 Å². The predicted octanol–water partition coefficient (Wildman–Crippen LogP) is 0.486. The van der Waals surface area contributed by atoms with E-state index in [0.29, 0.717) is 0 Å². The van der Waals surface area contributed by atoms with E-state index in [-0.39, 0.29) is 6.04 Å². The molecule has 3 N–H and O–H groups in total. The van der Waals surface area contributed by atoms with E-state index in [9.17, 15) is 0 Å². The summed E-state index contributed by atoms with van der Waals surface area (Å²) in [7, 11) is 0. The van der Waals surface area contributed by atoms with Crippen LogP contribution in [0.2, 0.25) is 0 Å². The zero-order chi connectivity index (χ0) is 9.80. The number of rotatable bonds is 3. The zero-order valence-electron chi connectivity index (χ0n) is 7.29. The molecule has 0 fully saturated rings. The summed E-state index contributed by atoms with van der Waals surface area (Å²) in [5.74, 6) is 5.44. The van der Waals surface area contributed by atoms with Crippen molar-refractivity contribution in [2.24, 2.45) is 5.84 Å². The van der Waals surface area contributed by atoms with E-state index in [0.717, 1.165) is 11.4 Å². The van der Waals surface area contributed by atoms with Crippen molar-refractivity contribution in [3.8, 4) is 0 Å². The molecule has 2 aromatic heterocycles. The summed E-state index contributed by atoms with van der Waals surface area (Å²) in [4.78, 5) is 8.15. The van der Waals surface area contributed by atoms with Gasteiger partial charge in [-0.3, -0.25) is 15.8 Å². The summed E-state index contributed by atoms with van der Waals surface area (Å²) >= 11 is 1.38. The lowest BCUT2D eigenvalue weighted by Gasteiger charge is -2.11. The Balaban J connectivity index is 2.31. The SMILES string of the molecule is NNC(c1cnccn1)c1ccsn1. The normalized spacial score (nSPS) is 12.6. The molecule has 0 spiro atoms. The van der Waals surface area contributed by atoms with Crippen LogP contribution in [0.15, 0.2) is 30.0 Å². The highest BCUT2D eigenvalue weighted by atomic mass is 32.1. The Morgan fingerprint density at radius 1 is 1.36 bits per heavy atom. The Kier molecular flexibility index (Phi) is 2.78. The second-order valence-electron chi connectivity index (χ2n) is 2.65. The fraction of sp³-hybridized carbons (Fsp3) is 0.125. The number of nitrogens with zero attached hydrogens (tertiary/aromatic N) is 3. The first-order valence-corrected chi connectivity index (χ1v) is 4.88. The molecule has 1 atom stereocenters. The Bertz CT molecular complexity index is 374. The molecule has 0 amide bonds. The fourth-order valence-electron chi connectivity index (χ4n) is 1.15. The van der Waals surface area contributed by atoms with E-state index in [1.165, 1.54) is 11.5 Å². The van der Waals surface area contributed by atoms with Crippen LogP contribution in [-0.2, 0) is 0 Å². The molecule has 0 aromatic carbocycles. The van der Waals surface area contributed by atoms with Crippen LogP contribution < -0.4 is 11.3 Å². The van der Waals surface area contributed by atoms with Gasteiger partial charge in [0, 0.05) is 17.8 Å². The average molecular weight is 207 g/mol. The zero-order valence-corrected chi connectivity index (χ0v) is 8.11. The number of nitrogens with one attached hydrogen (secondary N) is 1. The second-order valence-corrected chi connectivity index (χ2v) is 3.32. The second kappa shape index (κ2) is 4.23. The minimum atomic E-state index is -0.185. The quantitative estimate of drug-likeness (QED) is 0.565. The van der Waals surface area contributed by atoms with E-state index in [1.54, 1.807) is 18.6 Å². The summed E-state index contributed by atoms with van der Waals surface area (Å²) in [6, 6.07) is 1.72. The van der Waals surface area contributed by atoms with E-state index in [4.69, 9.17) is 5.84 Å². The van der Waals surface area contributed by atoms with E-state index in [1.807, 2.05) is 11.4 Å². The molecule has 0 saturated carbocycles. The third-order valence-corrected chi connectivity index (χ3v) is 2.37. The first-order chi connectivity index (χ1) is 6.92. The summed E-state index contributed by atoms with van der Waals surface area (Å²) in [5, 5.41) is 1.90. The smallest absolute Gasteiger partial charge is 0.108 e. The lowest BCUT2D eigenvalue weighted by molar-refractivity contribution is 0.608. The topological polar surface area (TPSA) is 76.7 Å². The van der Waals surface area contributed by atoms with Gasteiger partial charge in [-0.05, 0) is 17.6 Å². The molecule has 14 heavy (non-hydrogen) atoms. The molecule has 0 saturated heterocycles. The predicted molar refractivity (Wildman–Crippen MR) is 53.3 cm³/mol. The lowest BCUT2D eigenvalue weighted by atomic mass is 10.1. The van der Waals surface area contributed by atoms with Gasteiger partial charge < -0.3 is 0 Å². The van der Waals surface area contributed by atoms with Crippen LogP contribution in [0.25, 0.3) is 0 Å². The van der Waals surface area contributed by atoms with Crippen molar-refractivity contribution in [2.75, 3.05) is 0 Å². The monoisotopic (exact) mass is 207 g/mol. The molecular formula is C8H9N5S. The molecule has 0 aliphatic heterocycles. The molecular weight excluding hydrogens is 198 g/mol. The third kappa shape index (κ3) is 1.77. The minimum Gasteiger partial charge on any atom is -0.270 e. The van der Waals surface area contributed by atoms with Gasteiger partial charge in [0.2, 0.25) is 0 Å². The molecule has 2 heterocycles. The molecule has 5 nitrogen and oxygen atoms in total. The van der Waals surface area contributed by atoms with Crippen LogP contribution in [0, 0.1) is 0 Å². The highest BCUT2D eigenvalue weighted by Gasteiger charge is 2.15. The Morgan fingerprint density at radius 2 is 2.29 bits per heavy atom. The van der Waals surface area contributed by atoms with Gasteiger partial charge in [0.15, 0.2) is 0 Å². The van der Waals surface area contributed by atoms with Gasteiger partial charge in [-0.2, -0.15) is 4.37 Å². The standard InChI is InChI=1S/C8H9N5S/c9-12-8(6-1-4-14-13-6)7-5-10-2-3-11-7/h1-5,8,12H,9H2. The van der Waals surface area contributed by atoms with Gasteiger partial charge >= 0.3 is 0 Å². The summed E-state index contributed by atoms with van der Waals surface area (Å²) in [5.41, 5.74) is 4.29. The van der Waals surface area contributed by atoms with Crippen molar-refractivity contribution in [3.05, 3.63) is 41.4 Å². The number of hydrazine groups is 1. The van der Waals surface area contributed by atoms with E-state index in [2.05, 4.69) is 19.8 Å². The fourth-order valence-corrected chi connectivity index (χ4v) is 1.70. The molecule has 2 rings (SSSR count). The number of aromatic nitrogens is 3. The van der Waals surface area contributed by atoms with Gasteiger partial charge in [0.05, 0.1) is 17.6 Å². The van der Waals surface area contributed by atoms with Gasteiger partial charge in [-0.1, -0.05) is 0 Å². The van der Waals surface area contributed by atoms with Gasteiger partial charge in [0.25, 0.3) is 0 Å². The van der Waals surface area contributed by atoms with Crippen LogP contribution in [0.3, 0.4) is 0 Å². The highest BCUT2D eigenvalue weighted by molar-refractivity contribution is 7.03. The van der Waals surface area contributed by atoms with Crippen LogP contribution in [0.4, 0.5) is 0 Å². The van der Waals surface area contributed by atoms with Crippen LogP contribution in [0.1, 0.15) is 17.4 Å². The highest BCUT2D eigenvalue weighted by Crippen LogP contribution is 2.17. The van der Waals surface area contributed by atoms with Crippen molar-refractivity contribution < 1.29 is 0 Å². The Hall–Kier alpha value is -1.37. The molecule has 0 bridgehead atoms. The van der Waals surface area contributed by atoms with E-state index >= 15 is 0 Å². The van der Waals surface area contributed by atoms with Gasteiger partial charge in [-0.15, -0.1) is 0 Å². The average Bonchev–Trinajstić information content (AvgIpc) is 2.74. The Labute approximate surface area is 85.2 Å². The third-order valence-electron chi connectivity index (χ3n) is 1.80. The minimum absolute atomic E-state index is 0.185. The van der Waals surface area contributed by atoms with Crippen molar-refractivity contribution in [2.45, 2.75) is 6.04 Å².